The van der Waals surface area contributed by atoms with E-state index in [2.05, 4.69) is 25.6 Å². The highest BCUT2D eigenvalue weighted by molar-refractivity contribution is 5.94. The Morgan fingerprint density at radius 1 is 1.15 bits per heavy atom. The van der Waals surface area contributed by atoms with Crippen molar-refractivity contribution in [3.8, 4) is 11.6 Å². The lowest BCUT2D eigenvalue weighted by Gasteiger charge is -2.53. The number of carbonyl (C=O) groups excluding carboxylic acids is 1. The number of nitrogens with zero attached hydrogens (tertiary/aromatic N) is 3. The Morgan fingerprint density at radius 3 is 2.80 bits per heavy atom. The largest absolute Gasteiger partial charge is 0.480 e. The molecule has 1 amide bonds. The minimum atomic E-state index is -0.374. The zero-order chi connectivity index (χ0) is 28.0. The third kappa shape index (κ3) is 5.21. The van der Waals surface area contributed by atoms with Gasteiger partial charge in [-0.1, -0.05) is 0 Å². The predicted octanol–water partition coefficient (Wildman–Crippen LogP) is 2.40. The minimum Gasteiger partial charge on any atom is -0.480 e. The quantitative estimate of drug-likeness (QED) is 0.373. The fraction of sp³-hybridized carbons (Fsp3) is 0.517. The number of carbonyl (C=O) groups is 1. The van der Waals surface area contributed by atoms with Crippen molar-refractivity contribution in [3.05, 3.63) is 47.5 Å². The van der Waals surface area contributed by atoms with Crippen molar-refractivity contribution in [1.82, 2.24) is 20.3 Å². The predicted molar refractivity (Wildman–Crippen MR) is 146 cm³/mol. The molecule has 5 aliphatic rings. The van der Waals surface area contributed by atoms with Gasteiger partial charge in [-0.15, -0.1) is 0 Å². The van der Waals surface area contributed by atoms with Crippen LogP contribution in [0.15, 0.2) is 30.5 Å². The number of fused-ring (bicyclic) bond motifs is 5. The highest BCUT2D eigenvalue weighted by Crippen LogP contribution is 2.46. The van der Waals surface area contributed by atoms with Crippen LogP contribution in [0.4, 0.5) is 10.2 Å². The minimum absolute atomic E-state index is 0.00982. The SMILES string of the molecule is N[C@H]1COC[C@H]1Oc1ccc2ncc(F)c(CCC34CCC(NCc5ccc6c(n5)NC(=O)CO6)(CC3)CO4)c2n1. The van der Waals surface area contributed by atoms with E-state index < -0.39 is 0 Å². The zero-order valence-corrected chi connectivity index (χ0v) is 22.7. The van der Waals surface area contributed by atoms with Crippen LogP contribution in [0.1, 0.15) is 43.4 Å². The molecule has 4 fully saturated rings. The second kappa shape index (κ2) is 10.4. The second-order valence-electron chi connectivity index (χ2n) is 11.6. The first-order valence-corrected chi connectivity index (χ1v) is 14.2. The van der Waals surface area contributed by atoms with E-state index in [0.29, 0.717) is 73.3 Å². The number of amides is 1. The number of aryl methyl sites for hydroxylation is 1. The number of halogens is 1. The molecule has 0 spiro atoms. The molecule has 4 aliphatic heterocycles. The third-order valence-electron chi connectivity index (χ3n) is 8.86. The van der Waals surface area contributed by atoms with E-state index >= 15 is 4.39 Å². The Bertz CT molecular complexity index is 1460. The van der Waals surface area contributed by atoms with Crippen LogP contribution in [0, 0.1) is 5.82 Å². The summed E-state index contributed by atoms with van der Waals surface area (Å²) in [5.74, 6) is 0.856. The normalized spacial score (nSPS) is 28.8. The Labute approximate surface area is 236 Å². The molecule has 1 aliphatic carbocycles. The lowest BCUT2D eigenvalue weighted by atomic mass is 9.69. The molecule has 12 heteroatoms. The molecule has 3 aromatic rings. The van der Waals surface area contributed by atoms with Gasteiger partial charge in [0.2, 0.25) is 5.88 Å². The van der Waals surface area contributed by atoms with Gasteiger partial charge in [-0.2, -0.15) is 0 Å². The number of pyridine rings is 3. The van der Waals surface area contributed by atoms with Crippen LogP contribution in [0.25, 0.3) is 11.0 Å². The maximum atomic E-state index is 15.1. The molecule has 3 saturated heterocycles. The highest BCUT2D eigenvalue weighted by atomic mass is 19.1. The first-order valence-electron chi connectivity index (χ1n) is 14.2. The number of ether oxygens (including phenoxy) is 4. The van der Waals surface area contributed by atoms with Gasteiger partial charge in [0.25, 0.3) is 5.91 Å². The van der Waals surface area contributed by atoms with Gasteiger partial charge < -0.3 is 35.3 Å². The number of hydrogen-bond acceptors (Lipinski definition) is 10. The molecule has 2 bridgehead atoms. The van der Waals surface area contributed by atoms with Crippen molar-refractivity contribution < 1.29 is 28.1 Å². The molecule has 216 valence electrons. The van der Waals surface area contributed by atoms with Crippen LogP contribution < -0.4 is 25.8 Å². The van der Waals surface area contributed by atoms with Gasteiger partial charge in [-0.05, 0) is 56.7 Å². The maximum Gasteiger partial charge on any atom is 0.263 e. The standard InChI is InChI=1S/C29H33FN6O5/c30-19-12-32-21-2-4-25(41-23-14-38-13-20(23)31)36-26(21)18(19)5-6-29-9-7-28(8-10-29,16-40-29)33-11-17-1-3-22-27(34-17)35-24(37)15-39-22/h1-4,12,20,23,33H,5-11,13-16,31H2,(H,34,35,37)/t20-,23+,28?,29?/m0/s1. The Balaban J connectivity index is 0.997. The molecule has 1 saturated carbocycles. The van der Waals surface area contributed by atoms with Crippen LogP contribution in [0.3, 0.4) is 0 Å². The summed E-state index contributed by atoms with van der Waals surface area (Å²) in [6.07, 6.45) is 5.84. The number of nitrogens with two attached hydrogens (primary N) is 1. The van der Waals surface area contributed by atoms with Gasteiger partial charge in [0.1, 0.15) is 11.9 Å². The molecule has 11 nitrogen and oxygen atoms in total. The van der Waals surface area contributed by atoms with Gasteiger partial charge >= 0.3 is 0 Å². The molecule has 0 aromatic carbocycles. The van der Waals surface area contributed by atoms with Crippen molar-refractivity contribution in [2.24, 2.45) is 5.73 Å². The summed E-state index contributed by atoms with van der Waals surface area (Å²) in [7, 11) is 0. The Hall–Kier alpha value is -3.45. The van der Waals surface area contributed by atoms with Gasteiger partial charge in [-0.25, -0.2) is 14.4 Å². The number of nitrogens with one attached hydrogen (secondary N) is 2. The lowest BCUT2D eigenvalue weighted by molar-refractivity contribution is -0.165. The molecule has 0 unspecified atom stereocenters. The smallest absolute Gasteiger partial charge is 0.263 e. The van der Waals surface area contributed by atoms with Gasteiger partial charge in [0.15, 0.2) is 18.2 Å². The van der Waals surface area contributed by atoms with Gasteiger partial charge in [0, 0.05) is 23.7 Å². The average molecular weight is 565 g/mol. The van der Waals surface area contributed by atoms with Crippen LogP contribution >= 0.6 is 0 Å². The topological polar surface area (TPSA) is 143 Å². The van der Waals surface area contributed by atoms with E-state index in [1.165, 1.54) is 6.20 Å². The van der Waals surface area contributed by atoms with Gasteiger partial charge in [-0.3, -0.25) is 9.78 Å². The number of aromatic nitrogens is 3. The second-order valence-corrected chi connectivity index (χ2v) is 11.6. The highest BCUT2D eigenvalue weighted by Gasteiger charge is 2.49. The number of rotatable bonds is 8. The third-order valence-corrected chi connectivity index (χ3v) is 8.86. The fourth-order valence-corrected chi connectivity index (χ4v) is 6.26. The van der Waals surface area contributed by atoms with E-state index in [-0.39, 0.29) is 41.6 Å². The van der Waals surface area contributed by atoms with Crippen molar-refractivity contribution >= 4 is 22.8 Å². The van der Waals surface area contributed by atoms with Crippen LogP contribution in [-0.4, -0.2) is 70.6 Å². The Morgan fingerprint density at radius 2 is 2.02 bits per heavy atom. The fourth-order valence-electron chi connectivity index (χ4n) is 6.26. The van der Waals surface area contributed by atoms with E-state index in [9.17, 15) is 4.79 Å². The van der Waals surface area contributed by atoms with E-state index in [4.69, 9.17) is 24.7 Å². The summed E-state index contributed by atoms with van der Waals surface area (Å²) in [4.78, 5) is 25.1. The first kappa shape index (κ1) is 26.4. The van der Waals surface area contributed by atoms with E-state index in [1.54, 1.807) is 12.1 Å². The molecule has 4 N–H and O–H groups in total. The van der Waals surface area contributed by atoms with Crippen LogP contribution in [0.5, 0.6) is 11.6 Å². The van der Waals surface area contributed by atoms with Crippen molar-refractivity contribution in [2.75, 3.05) is 31.7 Å². The first-order chi connectivity index (χ1) is 19.9. The summed E-state index contributed by atoms with van der Waals surface area (Å²) in [5.41, 5.74) is 8.11. The molecule has 8 rings (SSSR count). The zero-order valence-electron chi connectivity index (χ0n) is 22.7. The molecular formula is C29H33FN6O5. The molecule has 2 atom stereocenters. The van der Waals surface area contributed by atoms with Crippen molar-refractivity contribution in [1.29, 1.82) is 0 Å². The van der Waals surface area contributed by atoms with Gasteiger partial charge in [0.05, 0.1) is 54.4 Å². The van der Waals surface area contributed by atoms with Crippen molar-refractivity contribution in [2.45, 2.75) is 68.4 Å². The summed E-state index contributed by atoms with van der Waals surface area (Å²) in [6, 6.07) is 7.06. The number of hydrogen-bond donors (Lipinski definition) is 3. The molecule has 3 aromatic heterocycles. The summed E-state index contributed by atoms with van der Waals surface area (Å²) in [6.45, 7) is 2.00. The Kier molecular flexibility index (Phi) is 6.73. The average Bonchev–Trinajstić information content (AvgIpc) is 3.40. The van der Waals surface area contributed by atoms with E-state index in [1.807, 2.05) is 12.1 Å². The van der Waals surface area contributed by atoms with E-state index in [0.717, 1.165) is 31.4 Å². The van der Waals surface area contributed by atoms with Crippen LogP contribution in [-0.2, 0) is 27.2 Å². The molecular weight excluding hydrogens is 531 g/mol. The summed E-state index contributed by atoms with van der Waals surface area (Å²) >= 11 is 0. The molecule has 0 radical (unpaired) electrons. The summed E-state index contributed by atoms with van der Waals surface area (Å²) in [5, 5.41) is 6.43. The maximum absolute atomic E-state index is 15.1. The monoisotopic (exact) mass is 564 g/mol. The number of anilines is 1. The van der Waals surface area contributed by atoms with Crippen LogP contribution in [0.2, 0.25) is 0 Å². The van der Waals surface area contributed by atoms with Crippen molar-refractivity contribution in [3.63, 3.8) is 0 Å². The summed E-state index contributed by atoms with van der Waals surface area (Å²) < 4.78 is 38.3. The lowest BCUT2D eigenvalue weighted by Crippen LogP contribution is -2.61. The molecule has 41 heavy (non-hydrogen) atoms. The molecule has 7 heterocycles.